The van der Waals surface area contributed by atoms with E-state index in [0.717, 1.165) is 37.7 Å². The van der Waals surface area contributed by atoms with E-state index >= 15 is 0 Å². The van der Waals surface area contributed by atoms with Gasteiger partial charge in [-0.05, 0) is 43.5 Å². The predicted octanol–water partition coefficient (Wildman–Crippen LogP) is 3.49. The quantitative estimate of drug-likeness (QED) is 0.386. The summed E-state index contributed by atoms with van der Waals surface area (Å²) in [6, 6.07) is 3.84. The standard InChI is InChI=1S/C19H27F2N3O.HI/c1-4-22-18(23-9-7-12-11-13(20)5-6-15(12)21)24-16-14-8-10-25-17(14)19(16,2)3;/h5-6,11,14,16-17H,4,7-10H2,1-3H3,(H2,22,23,24);1H. The minimum absolute atomic E-state index is 0. The molecule has 3 atom stereocenters. The smallest absolute Gasteiger partial charge is 0.191 e. The normalized spacial score (nSPS) is 26.5. The van der Waals surface area contributed by atoms with Crippen molar-refractivity contribution in [2.75, 3.05) is 19.7 Å². The first kappa shape index (κ1) is 21.3. The molecule has 26 heavy (non-hydrogen) atoms. The van der Waals surface area contributed by atoms with Crippen molar-refractivity contribution < 1.29 is 13.5 Å². The van der Waals surface area contributed by atoms with Crippen LogP contribution in [0.1, 0.15) is 32.8 Å². The second-order valence-electron chi connectivity index (χ2n) is 7.43. The van der Waals surface area contributed by atoms with E-state index in [1.165, 1.54) is 6.07 Å². The number of aliphatic imine (C=N–C) groups is 1. The van der Waals surface area contributed by atoms with Gasteiger partial charge in [-0.15, -0.1) is 24.0 Å². The van der Waals surface area contributed by atoms with Crippen LogP contribution in [0.15, 0.2) is 23.2 Å². The zero-order valence-corrected chi connectivity index (χ0v) is 17.8. The number of nitrogens with one attached hydrogen (secondary N) is 2. The van der Waals surface area contributed by atoms with Crippen LogP contribution in [0.2, 0.25) is 0 Å². The Morgan fingerprint density at radius 1 is 1.35 bits per heavy atom. The van der Waals surface area contributed by atoms with Crippen LogP contribution < -0.4 is 10.6 Å². The molecule has 2 N–H and O–H groups in total. The summed E-state index contributed by atoms with van der Waals surface area (Å²) in [5, 5.41) is 6.76. The van der Waals surface area contributed by atoms with Gasteiger partial charge in [0.05, 0.1) is 6.10 Å². The van der Waals surface area contributed by atoms with Gasteiger partial charge >= 0.3 is 0 Å². The van der Waals surface area contributed by atoms with Gasteiger partial charge in [0, 0.05) is 37.1 Å². The van der Waals surface area contributed by atoms with E-state index in [2.05, 4.69) is 29.5 Å². The Hall–Kier alpha value is -0.960. The monoisotopic (exact) mass is 479 g/mol. The average molecular weight is 479 g/mol. The van der Waals surface area contributed by atoms with E-state index in [1.807, 2.05) is 6.92 Å². The molecule has 1 saturated heterocycles. The maximum Gasteiger partial charge on any atom is 0.191 e. The Balaban J connectivity index is 0.00000243. The number of fused-ring (bicyclic) bond motifs is 1. The van der Waals surface area contributed by atoms with Gasteiger partial charge in [-0.1, -0.05) is 13.8 Å². The van der Waals surface area contributed by atoms with Crippen molar-refractivity contribution in [2.24, 2.45) is 16.3 Å². The minimum atomic E-state index is -0.422. The van der Waals surface area contributed by atoms with Crippen LogP contribution in [0.4, 0.5) is 8.78 Å². The van der Waals surface area contributed by atoms with Crippen LogP contribution in [-0.4, -0.2) is 37.8 Å². The van der Waals surface area contributed by atoms with Crippen molar-refractivity contribution in [3.8, 4) is 0 Å². The Labute approximate surface area is 171 Å². The summed E-state index contributed by atoms with van der Waals surface area (Å²) in [5.41, 5.74) is 0.416. The molecule has 4 nitrogen and oxygen atoms in total. The zero-order chi connectivity index (χ0) is 18.0. The molecule has 2 fully saturated rings. The number of guanidine groups is 1. The van der Waals surface area contributed by atoms with Gasteiger partial charge in [-0.25, -0.2) is 8.78 Å². The van der Waals surface area contributed by atoms with Crippen LogP contribution in [0.5, 0.6) is 0 Å². The Kier molecular flexibility index (Phi) is 7.24. The van der Waals surface area contributed by atoms with E-state index in [1.54, 1.807) is 0 Å². The third-order valence-corrected chi connectivity index (χ3v) is 5.40. The fourth-order valence-electron chi connectivity index (χ4n) is 4.11. The van der Waals surface area contributed by atoms with E-state index in [-0.39, 0.29) is 35.2 Å². The van der Waals surface area contributed by atoms with Crippen molar-refractivity contribution in [3.63, 3.8) is 0 Å². The van der Waals surface area contributed by atoms with Crippen LogP contribution in [-0.2, 0) is 11.2 Å². The first-order chi connectivity index (χ1) is 11.9. The van der Waals surface area contributed by atoms with Gasteiger partial charge in [-0.3, -0.25) is 4.99 Å². The first-order valence-corrected chi connectivity index (χ1v) is 9.04. The lowest BCUT2D eigenvalue weighted by atomic mass is 9.57. The maximum atomic E-state index is 13.7. The summed E-state index contributed by atoms with van der Waals surface area (Å²) in [4.78, 5) is 4.55. The Bertz CT molecular complexity index is 654. The van der Waals surface area contributed by atoms with Crippen molar-refractivity contribution in [3.05, 3.63) is 35.4 Å². The van der Waals surface area contributed by atoms with Crippen molar-refractivity contribution in [1.82, 2.24) is 10.6 Å². The molecule has 0 amide bonds. The number of nitrogens with zero attached hydrogens (tertiary/aromatic N) is 1. The van der Waals surface area contributed by atoms with E-state index in [0.29, 0.717) is 36.6 Å². The highest BCUT2D eigenvalue weighted by Crippen LogP contribution is 2.52. The van der Waals surface area contributed by atoms with Gasteiger partial charge in [0.1, 0.15) is 11.6 Å². The molecule has 3 unspecified atom stereocenters. The molecule has 1 aromatic carbocycles. The molecule has 0 spiro atoms. The molecule has 1 aliphatic heterocycles. The predicted molar refractivity (Wildman–Crippen MR) is 110 cm³/mol. The summed E-state index contributed by atoms with van der Waals surface area (Å²) in [5.74, 6) is 0.428. The molecular weight excluding hydrogens is 451 g/mol. The summed E-state index contributed by atoms with van der Waals surface area (Å²) in [6.45, 7) is 8.40. The summed E-state index contributed by atoms with van der Waals surface area (Å²) in [7, 11) is 0. The van der Waals surface area contributed by atoms with E-state index in [4.69, 9.17) is 4.74 Å². The number of halogens is 3. The largest absolute Gasteiger partial charge is 0.377 e. The topological polar surface area (TPSA) is 45.7 Å². The number of hydrogen-bond donors (Lipinski definition) is 2. The molecule has 3 rings (SSSR count). The van der Waals surface area contributed by atoms with Crippen molar-refractivity contribution >= 4 is 29.9 Å². The molecular formula is C19H28F2IN3O. The van der Waals surface area contributed by atoms with Gasteiger partial charge in [0.2, 0.25) is 0 Å². The number of rotatable bonds is 5. The van der Waals surface area contributed by atoms with Gasteiger partial charge < -0.3 is 15.4 Å². The Morgan fingerprint density at radius 2 is 2.12 bits per heavy atom. The van der Waals surface area contributed by atoms with Gasteiger partial charge in [0.25, 0.3) is 0 Å². The molecule has 0 radical (unpaired) electrons. The SMILES string of the molecule is CCNC(=NCCc1cc(F)ccc1F)NC1C2CCOC2C1(C)C.I. The lowest BCUT2D eigenvalue weighted by molar-refractivity contribution is -0.106. The van der Waals surface area contributed by atoms with Crippen molar-refractivity contribution in [2.45, 2.75) is 45.8 Å². The van der Waals surface area contributed by atoms with Crippen molar-refractivity contribution in [1.29, 1.82) is 0 Å². The van der Waals surface area contributed by atoms with Crippen LogP contribution in [0.3, 0.4) is 0 Å². The molecule has 1 heterocycles. The lowest BCUT2D eigenvalue weighted by Gasteiger charge is -2.54. The average Bonchev–Trinajstić information content (AvgIpc) is 3.02. The zero-order valence-electron chi connectivity index (χ0n) is 15.5. The Morgan fingerprint density at radius 3 is 2.85 bits per heavy atom. The summed E-state index contributed by atoms with van der Waals surface area (Å²) in [6.07, 6.45) is 1.75. The first-order valence-electron chi connectivity index (χ1n) is 9.04. The fraction of sp³-hybridized carbons (Fsp3) is 0.632. The molecule has 146 valence electrons. The summed E-state index contributed by atoms with van der Waals surface area (Å²) >= 11 is 0. The van der Waals surface area contributed by atoms with Crippen LogP contribution >= 0.6 is 24.0 Å². The number of hydrogen-bond acceptors (Lipinski definition) is 2. The van der Waals surface area contributed by atoms with Gasteiger partial charge in [-0.2, -0.15) is 0 Å². The third kappa shape index (κ3) is 4.30. The molecule has 0 bridgehead atoms. The highest BCUT2D eigenvalue weighted by atomic mass is 127. The van der Waals surface area contributed by atoms with Crippen LogP contribution in [0.25, 0.3) is 0 Å². The van der Waals surface area contributed by atoms with Crippen LogP contribution in [0, 0.1) is 23.0 Å². The molecule has 1 aromatic rings. The van der Waals surface area contributed by atoms with Gasteiger partial charge in [0.15, 0.2) is 5.96 Å². The summed E-state index contributed by atoms with van der Waals surface area (Å²) < 4.78 is 32.8. The number of ether oxygens (including phenoxy) is 1. The molecule has 1 saturated carbocycles. The maximum absolute atomic E-state index is 13.7. The molecule has 0 aromatic heterocycles. The highest BCUT2D eigenvalue weighted by molar-refractivity contribution is 14.0. The molecule has 1 aliphatic carbocycles. The second-order valence-corrected chi connectivity index (χ2v) is 7.43. The third-order valence-electron chi connectivity index (χ3n) is 5.40. The fourth-order valence-corrected chi connectivity index (χ4v) is 4.11. The minimum Gasteiger partial charge on any atom is -0.377 e. The molecule has 2 aliphatic rings. The second kappa shape index (κ2) is 8.82. The lowest BCUT2D eigenvalue weighted by Crippen LogP contribution is -2.68. The van der Waals surface area contributed by atoms with E-state index < -0.39 is 5.82 Å². The highest BCUT2D eigenvalue weighted by Gasteiger charge is 2.59. The molecule has 7 heteroatoms. The number of benzene rings is 1. The van der Waals surface area contributed by atoms with E-state index in [9.17, 15) is 8.78 Å².